The van der Waals surface area contributed by atoms with Gasteiger partial charge in [-0.2, -0.15) is 0 Å². The Hall–Kier alpha value is -2.89. The molecule has 0 spiro atoms. The van der Waals surface area contributed by atoms with Gasteiger partial charge in [-0.05, 0) is 83.5 Å². The number of hydrogen-bond donors (Lipinski definition) is 0. The van der Waals surface area contributed by atoms with Crippen molar-refractivity contribution in [2.24, 2.45) is 0 Å². The molecule has 0 aromatic rings. The van der Waals surface area contributed by atoms with Gasteiger partial charge in [0.1, 0.15) is 13.2 Å². The Bertz CT molecular complexity index is 1410. The molecule has 6 nitrogen and oxygen atoms in total. The van der Waals surface area contributed by atoms with E-state index in [-0.39, 0.29) is 31.1 Å². The largest absolute Gasteiger partial charge is 0.462 e. The van der Waals surface area contributed by atoms with Gasteiger partial charge in [0.05, 0.1) is 0 Å². The van der Waals surface area contributed by atoms with E-state index < -0.39 is 6.10 Å². The van der Waals surface area contributed by atoms with Gasteiger partial charge in [0.25, 0.3) is 0 Å². The zero-order valence-electron chi connectivity index (χ0n) is 52.9. The molecule has 0 aliphatic heterocycles. The van der Waals surface area contributed by atoms with Crippen LogP contribution in [0.15, 0.2) is 60.8 Å². The fraction of sp³-hybridized carbons (Fsp3) is 0.822. The second-order valence-electron chi connectivity index (χ2n) is 23.4. The van der Waals surface area contributed by atoms with Gasteiger partial charge in [0, 0.05) is 19.3 Å². The molecule has 0 amide bonds. The van der Waals surface area contributed by atoms with E-state index in [1.165, 1.54) is 225 Å². The van der Waals surface area contributed by atoms with Crippen LogP contribution in [-0.2, 0) is 28.6 Å². The highest BCUT2D eigenvalue weighted by Crippen LogP contribution is 2.18. The number of ether oxygens (including phenoxy) is 3. The Balaban J connectivity index is 4.16. The topological polar surface area (TPSA) is 78.9 Å². The van der Waals surface area contributed by atoms with Crippen LogP contribution in [0.2, 0.25) is 0 Å². The molecule has 0 bridgehead atoms. The molecule has 0 aromatic heterocycles. The van der Waals surface area contributed by atoms with Gasteiger partial charge < -0.3 is 14.2 Å². The number of rotatable bonds is 64. The zero-order valence-corrected chi connectivity index (χ0v) is 52.9. The summed E-state index contributed by atoms with van der Waals surface area (Å²) in [5.41, 5.74) is 0. The molecule has 0 saturated heterocycles. The molecule has 1 unspecified atom stereocenters. The van der Waals surface area contributed by atoms with Crippen molar-refractivity contribution in [2.75, 3.05) is 13.2 Å². The molecule has 79 heavy (non-hydrogen) atoms. The maximum atomic E-state index is 12.9. The van der Waals surface area contributed by atoms with E-state index in [1.807, 2.05) is 0 Å². The fourth-order valence-corrected chi connectivity index (χ4v) is 10.3. The number of unbranched alkanes of at least 4 members (excludes halogenated alkanes) is 43. The van der Waals surface area contributed by atoms with Crippen LogP contribution in [0.25, 0.3) is 0 Å². The first kappa shape index (κ1) is 76.1. The molecule has 6 heteroatoms. The van der Waals surface area contributed by atoms with Crippen LogP contribution in [-0.4, -0.2) is 37.2 Å². The van der Waals surface area contributed by atoms with Gasteiger partial charge in [0.2, 0.25) is 0 Å². The van der Waals surface area contributed by atoms with E-state index in [0.29, 0.717) is 19.3 Å². The first-order chi connectivity index (χ1) is 39.0. The third-order valence-corrected chi connectivity index (χ3v) is 15.5. The molecule has 0 rings (SSSR count). The normalized spacial score (nSPS) is 12.4. The molecule has 0 heterocycles. The molecule has 0 radical (unpaired) electrons. The lowest BCUT2D eigenvalue weighted by atomic mass is 10.0. The molecule has 460 valence electrons. The van der Waals surface area contributed by atoms with Crippen molar-refractivity contribution in [3.05, 3.63) is 60.8 Å². The maximum absolute atomic E-state index is 12.9. The zero-order chi connectivity index (χ0) is 57.1. The standard InChI is InChI=1S/C73H132O6/c1-4-7-10-13-16-19-22-25-27-29-30-31-32-33-34-35-36-37-38-39-40-41-42-44-45-48-51-54-57-60-63-66-72(75)78-69-70(68-77-71(74)65-62-59-56-53-50-47-24-21-18-15-12-9-6-3)79-73(76)67-64-61-58-55-52-49-46-43-28-26-23-20-17-14-11-8-5-2/h8,11,17,20-21,24,26,28,46,49,70H,4-7,9-10,12-16,18-19,22-23,25,27,29-45,47-48,50-69H2,1-3H3/b11-8-,20-17-,24-21-,28-26-,49-46-. The van der Waals surface area contributed by atoms with Crippen LogP contribution in [0, 0.1) is 0 Å². The molecule has 0 N–H and O–H groups in total. The summed E-state index contributed by atoms with van der Waals surface area (Å²) in [6.07, 6.45) is 87.0. The molecule has 0 aliphatic carbocycles. The van der Waals surface area contributed by atoms with Crippen LogP contribution in [0.4, 0.5) is 0 Å². The predicted octanol–water partition coefficient (Wildman–Crippen LogP) is 23.9. The van der Waals surface area contributed by atoms with E-state index in [9.17, 15) is 14.4 Å². The third-order valence-electron chi connectivity index (χ3n) is 15.5. The quantitative estimate of drug-likeness (QED) is 0.0261. The molecule has 1 atom stereocenters. The molecular formula is C73H132O6. The highest BCUT2D eigenvalue weighted by atomic mass is 16.6. The number of carbonyl (C=O) groups is 3. The lowest BCUT2D eigenvalue weighted by molar-refractivity contribution is -0.167. The van der Waals surface area contributed by atoms with Crippen LogP contribution in [0.1, 0.15) is 367 Å². The van der Waals surface area contributed by atoms with Gasteiger partial charge in [0.15, 0.2) is 6.10 Å². The summed E-state index contributed by atoms with van der Waals surface area (Å²) in [6, 6.07) is 0. The van der Waals surface area contributed by atoms with Crippen LogP contribution in [0.5, 0.6) is 0 Å². The summed E-state index contributed by atoms with van der Waals surface area (Å²) >= 11 is 0. The Kier molecular flexibility index (Phi) is 65.1. The van der Waals surface area contributed by atoms with Crippen LogP contribution in [0.3, 0.4) is 0 Å². The second-order valence-corrected chi connectivity index (χ2v) is 23.4. The predicted molar refractivity (Wildman–Crippen MR) is 344 cm³/mol. The number of hydrogen-bond acceptors (Lipinski definition) is 6. The number of carbonyl (C=O) groups excluding carboxylic acids is 3. The minimum atomic E-state index is -0.790. The highest BCUT2D eigenvalue weighted by molar-refractivity contribution is 5.71. The lowest BCUT2D eigenvalue weighted by Crippen LogP contribution is -2.30. The fourth-order valence-electron chi connectivity index (χ4n) is 10.3. The smallest absolute Gasteiger partial charge is 0.306 e. The van der Waals surface area contributed by atoms with Crippen molar-refractivity contribution < 1.29 is 28.6 Å². The first-order valence-corrected chi connectivity index (χ1v) is 34.8. The Morgan fingerprint density at radius 3 is 0.797 bits per heavy atom. The van der Waals surface area contributed by atoms with E-state index in [4.69, 9.17) is 14.2 Å². The summed E-state index contributed by atoms with van der Waals surface area (Å²) in [6.45, 7) is 6.54. The minimum Gasteiger partial charge on any atom is -0.462 e. The van der Waals surface area contributed by atoms with E-state index in [1.54, 1.807) is 0 Å². The molecule has 0 fully saturated rings. The van der Waals surface area contributed by atoms with Crippen LogP contribution >= 0.6 is 0 Å². The molecule has 0 saturated carbocycles. The van der Waals surface area contributed by atoms with E-state index >= 15 is 0 Å². The average molecular weight is 1110 g/mol. The number of allylic oxidation sites excluding steroid dienone is 10. The Morgan fingerprint density at radius 1 is 0.266 bits per heavy atom. The van der Waals surface area contributed by atoms with Crippen molar-refractivity contribution in [3.63, 3.8) is 0 Å². The third kappa shape index (κ3) is 65.8. The first-order valence-electron chi connectivity index (χ1n) is 34.8. The average Bonchev–Trinajstić information content (AvgIpc) is 3.45. The van der Waals surface area contributed by atoms with Crippen molar-refractivity contribution in [1.29, 1.82) is 0 Å². The monoisotopic (exact) mass is 1110 g/mol. The molecular weight excluding hydrogens is 973 g/mol. The van der Waals surface area contributed by atoms with Crippen molar-refractivity contribution in [3.8, 4) is 0 Å². The SMILES string of the molecule is CC/C=C\C/C=C\C/C=C\C/C=C\CCCCCCC(=O)OC(COC(=O)CCCCCCC/C=C\CCCCCC)COC(=O)CCCCCCCCCCCCCCCCCCCCCCCCCCCCCCCCC. The van der Waals surface area contributed by atoms with E-state index in [0.717, 1.165) is 103 Å². The summed E-state index contributed by atoms with van der Waals surface area (Å²) in [4.78, 5) is 38.3. The summed E-state index contributed by atoms with van der Waals surface area (Å²) in [5.74, 6) is -0.898. The molecule has 0 aromatic carbocycles. The lowest BCUT2D eigenvalue weighted by Gasteiger charge is -2.18. The van der Waals surface area contributed by atoms with Crippen LogP contribution < -0.4 is 0 Å². The van der Waals surface area contributed by atoms with Crippen molar-refractivity contribution in [2.45, 2.75) is 374 Å². The summed E-state index contributed by atoms with van der Waals surface area (Å²) in [7, 11) is 0. The minimum absolute atomic E-state index is 0.0838. The number of esters is 3. The maximum Gasteiger partial charge on any atom is 0.306 e. The van der Waals surface area contributed by atoms with Crippen molar-refractivity contribution in [1.82, 2.24) is 0 Å². The van der Waals surface area contributed by atoms with E-state index in [2.05, 4.69) is 81.5 Å². The molecule has 0 aliphatic rings. The summed E-state index contributed by atoms with van der Waals surface area (Å²) in [5, 5.41) is 0. The Morgan fingerprint density at radius 2 is 0.494 bits per heavy atom. The van der Waals surface area contributed by atoms with Crippen molar-refractivity contribution >= 4 is 17.9 Å². The second kappa shape index (κ2) is 67.6. The van der Waals surface area contributed by atoms with Gasteiger partial charge in [-0.3, -0.25) is 14.4 Å². The van der Waals surface area contributed by atoms with Gasteiger partial charge in [-0.25, -0.2) is 0 Å². The van der Waals surface area contributed by atoms with Gasteiger partial charge in [-0.15, -0.1) is 0 Å². The Labute approximate surface area is 491 Å². The highest BCUT2D eigenvalue weighted by Gasteiger charge is 2.19. The van der Waals surface area contributed by atoms with Gasteiger partial charge >= 0.3 is 17.9 Å². The summed E-state index contributed by atoms with van der Waals surface area (Å²) < 4.78 is 16.9. The van der Waals surface area contributed by atoms with Gasteiger partial charge in [-0.1, -0.05) is 326 Å².